The Bertz CT molecular complexity index is 860. The molecule has 1 heterocycles. The molecule has 4 nitrogen and oxygen atoms in total. The zero-order valence-corrected chi connectivity index (χ0v) is 15.0. The van der Waals surface area contributed by atoms with Crippen LogP contribution in [0.1, 0.15) is 35.7 Å². The third-order valence-corrected chi connectivity index (χ3v) is 4.89. The summed E-state index contributed by atoms with van der Waals surface area (Å²) >= 11 is 6.18. The number of benzene rings is 2. The number of halogens is 2. The summed E-state index contributed by atoms with van der Waals surface area (Å²) in [7, 11) is 0. The molecular formula is C20H19ClFN3O. The molecule has 0 aliphatic heterocycles. The van der Waals surface area contributed by atoms with Crippen molar-refractivity contribution >= 4 is 11.6 Å². The monoisotopic (exact) mass is 371 g/mol. The van der Waals surface area contributed by atoms with Gasteiger partial charge in [-0.25, -0.2) is 4.39 Å². The van der Waals surface area contributed by atoms with Crippen LogP contribution < -0.4 is 0 Å². The van der Waals surface area contributed by atoms with Crippen LogP contribution in [0, 0.1) is 5.82 Å². The molecule has 26 heavy (non-hydrogen) atoms. The van der Waals surface area contributed by atoms with E-state index in [0.717, 1.165) is 18.4 Å². The number of hydrogen-bond donors (Lipinski definition) is 0. The van der Waals surface area contributed by atoms with Crippen molar-refractivity contribution in [1.29, 1.82) is 0 Å². The van der Waals surface area contributed by atoms with E-state index in [9.17, 15) is 4.39 Å². The van der Waals surface area contributed by atoms with Gasteiger partial charge in [0.05, 0.1) is 13.0 Å². The van der Waals surface area contributed by atoms with Crippen molar-refractivity contribution in [2.24, 2.45) is 0 Å². The number of nitrogens with zero attached hydrogens (tertiary/aromatic N) is 3. The van der Waals surface area contributed by atoms with Crippen molar-refractivity contribution in [3.05, 3.63) is 82.3 Å². The zero-order valence-electron chi connectivity index (χ0n) is 14.2. The van der Waals surface area contributed by atoms with Crippen LogP contribution in [0.2, 0.25) is 5.02 Å². The molecule has 1 aliphatic carbocycles. The first-order valence-corrected chi connectivity index (χ1v) is 9.09. The second-order valence-electron chi connectivity index (χ2n) is 6.59. The summed E-state index contributed by atoms with van der Waals surface area (Å²) in [5.74, 6) is 0.861. The van der Waals surface area contributed by atoms with Gasteiger partial charge in [-0.05, 0) is 30.5 Å². The van der Waals surface area contributed by atoms with E-state index in [1.54, 1.807) is 12.1 Å². The van der Waals surface area contributed by atoms with Gasteiger partial charge in [-0.3, -0.25) is 4.90 Å². The Morgan fingerprint density at radius 1 is 1.00 bits per heavy atom. The quantitative estimate of drug-likeness (QED) is 0.608. The van der Waals surface area contributed by atoms with Gasteiger partial charge in [0.1, 0.15) is 5.82 Å². The van der Waals surface area contributed by atoms with Gasteiger partial charge in [-0.1, -0.05) is 48.0 Å². The molecule has 0 N–H and O–H groups in total. The van der Waals surface area contributed by atoms with Crippen molar-refractivity contribution in [2.75, 3.05) is 0 Å². The van der Waals surface area contributed by atoms with Crippen LogP contribution in [0.4, 0.5) is 4.39 Å². The van der Waals surface area contributed by atoms with Gasteiger partial charge in [-0.2, -0.15) is 0 Å². The third-order valence-electron chi connectivity index (χ3n) is 4.53. The van der Waals surface area contributed by atoms with Crippen LogP contribution in [-0.2, 0) is 19.5 Å². The smallest absolute Gasteiger partial charge is 0.230 e. The lowest BCUT2D eigenvalue weighted by Gasteiger charge is -2.21. The number of aromatic nitrogens is 2. The lowest BCUT2D eigenvalue weighted by atomic mass is 10.2. The molecule has 0 atom stereocenters. The number of hydrogen-bond acceptors (Lipinski definition) is 4. The van der Waals surface area contributed by atoms with E-state index in [1.807, 2.05) is 30.3 Å². The molecule has 0 unspecified atom stereocenters. The van der Waals surface area contributed by atoms with Gasteiger partial charge < -0.3 is 4.42 Å². The minimum Gasteiger partial charge on any atom is -0.424 e. The topological polar surface area (TPSA) is 42.2 Å². The van der Waals surface area contributed by atoms with Crippen molar-refractivity contribution in [2.45, 2.75) is 38.4 Å². The van der Waals surface area contributed by atoms with E-state index in [2.05, 4.69) is 15.1 Å². The molecule has 2 aromatic carbocycles. The summed E-state index contributed by atoms with van der Waals surface area (Å²) in [4.78, 5) is 2.16. The maximum Gasteiger partial charge on any atom is 0.230 e. The minimum atomic E-state index is -0.279. The van der Waals surface area contributed by atoms with Gasteiger partial charge >= 0.3 is 0 Å². The molecule has 0 bridgehead atoms. The summed E-state index contributed by atoms with van der Waals surface area (Å²) < 4.78 is 19.9. The summed E-state index contributed by atoms with van der Waals surface area (Å²) in [6.07, 6.45) is 2.80. The molecule has 134 valence electrons. The van der Waals surface area contributed by atoms with Gasteiger partial charge in [-0.15, -0.1) is 10.2 Å². The normalized spacial score (nSPS) is 14.1. The van der Waals surface area contributed by atoms with Crippen molar-refractivity contribution in [3.63, 3.8) is 0 Å². The van der Waals surface area contributed by atoms with Crippen LogP contribution in [0.3, 0.4) is 0 Å². The Labute approximate surface area is 156 Å². The van der Waals surface area contributed by atoms with E-state index in [0.29, 0.717) is 47.9 Å². The molecule has 0 saturated heterocycles. The van der Waals surface area contributed by atoms with Crippen LogP contribution in [-0.4, -0.2) is 21.1 Å². The van der Waals surface area contributed by atoms with Crippen LogP contribution in [0.5, 0.6) is 0 Å². The van der Waals surface area contributed by atoms with E-state index < -0.39 is 0 Å². The fraction of sp³-hybridized carbons (Fsp3) is 0.300. The molecule has 1 aromatic heterocycles. The first kappa shape index (κ1) is 17.2. The Kier molecular flexibility index (Phi) is 5.00. The van der Waals surface area contributed by atoms with Gasteiger partial charge in [0.2, 0.25) is 11.8 Å². The molecule has 3 aromatic rings. The first-order valence-electron chi connectivity index (χ1n) is 8.71. The Hall–Kier alpha value is -2.24. The molecule has 1 aliphatic rings. The average molecular weight is 372 g/mol. The molecular weight excluding hydrogens is 353 g/mol. The molecule has 0 amide bonds. The van der Waals surface area contributed by atoms with Gasteiger partial charge in [0, 0.05) is 23.2 Å². The standard InChI is InChI=1S/C20H19ClFN3O/c21-17-7-4-8-18(22)16(17)12-25(15-9-10-15)13-20-24-23-19(26-20)11-14-5-2-1-3-6-14/h1-8,15H,9-13H2. The fourth-order valence-corrected chi connectivity index (χ4v) is 3.23. The Morgan fingerprint density at radius 3 is 2.50 bits per heavy atom. The van der Waals surface area contributed by atoms with Crippen molar-refractivity contribution in [3.8, 4) is 0 Å². The highest BCUT2D eigenvalue weighted by atomic mass is 35.5. The lowest BCUT2D eigenvalue weighted by Crippen LogP contribution is -2.26. The van der Waals surface area contributed by atoms with E-state index in [-0.39, 0.29) is 5.82 Å². The van der Waals surface area contributed by atoms with Gasteiger partial charge in [0.25, 0.3) is 0 Å². The van der Waals surface area contributed by atoms with E-state index in [1.165, 1.54) is 6.07 Å². The lowest BCUT2D eigenvalue weighted by molar-refractivity contribution is 0.216. The Balaban J connectivity index is 1.46. The maximum atomic E-state index is 14.1. The number of rotatable bonds is 7. The van der Waals surface area contributed by atoms with E-state index in [4.69, 9.17) is 16.0 Å². The molecule has 6 heteroatoms. The van der Waals surface area contributed by atoms with Gasteiger partial charge in [0.15, 0.2) is 0 Å². The molecule has 0 spiro atoms. The van der Waals surface area contributed by atoms with Crippen LogP contribution in [0.15, 0.2) is 52.9 Å². The maximum absolute atomic E-state index is 14.1. The summed E-state index contributed by atoms with van der Waals surface area (Å²) in [6, 6.07) is 15.2. The highest BCUT2D eigenvalue weighted by Gasteiger charge is 2.31. The van der Waals surface area contributed by atoms with Crippen LogP contribution in [0.25, 0.3) is 0 Å². The Morgan fingerprint density at radius 2 is 1.77 bits per heavy atom. The minimum absolute atomic E-state index is 0.279. The summed E-state index contributed by atoms with van der Waals surface area (Å²) in [6.45, 7) is 0.934. The highest BCUT2D eigenvalue weighted by Crippen LogP contribution is 2.31. The predicted octanol–water partition coefficient (Wildman–Crippen LogP) is 4.62. The molecule has 4 rings (SSSR count). The summed E-state index contributed by atoms with van der Waals surface area (Å²) in [5, 5.41) is 8.76. The zero-order chi connectivity index (χ0) is 17.9. The molecule has 1 saturated carbocycles. The first-order chi connectivity index (χ1) is 12.7. The highest BCUT2D eigenvalue weighted by molar-refractivity contribution is 6.31. The predicted molar refractivity (Wildman–Crippen MR) is 97.2 cm³/mol. The molecule has 1 fully saturated rings. The van der Waals surface area contributed by atoms with Crippen LogP contribution >= 0.6 is 11.6 Å². The van der Waals surface area contributed by atoms with Crippen molar-refractivity contribution in [1.82, 2.24) is 15.1 Å². The fourth-order valence-electron chi connectivity index (χ4n) is 3.01. The van der Waals surface area contributed by atoms with E-state index >= 15 is 0 Å². The SMILES string of the molecule is Fc1cccc(Cl)c1CN(Cc1nnc(Cc2ccccc2)o1)C1CC1. The van der Waals surface area contributed by atoms with Crippen molar-refractivity contribution < 1.29 is 8.81 Å². The average Bonchev–Trinajstić information content (AvgIpc) is 3.39. The second-order valence-corrected chi connectivity index (χ2v) is 7.00. The largest absolute Gasteiger partial charge is 0.424 e. The third kappa shape index (κ3) is 4.11. The second kappa shape index (κ2) is 7.56. The summed E-state index contributed by atoms with van der Waals surface area (Å²) in [5.41, 5.74) is 1.64. The molecule has 0 radical (unpaired) electrons.